The summed E-state index contributed by atoms with van der Waals surface area (Å²) < 4.78 is 5.54. The van der Waals surface area contributed by atoms with Crippen molar-refractivity contribution in [3.05, 3.63) is 47.6 Å². The van der Waals surface area contributed by atoms with Crippen molar-refractivity contribution in [1.82, 2.24) is 15.0 Å². The molecule has 23 heavy (non-hydrogen) atoms. The quantitative estimate of drug-likeness (QED) is 0.863. The lowest BCUT2D eigenvalue weighted by Gasteiger charge is -2.24. The molecule has 0 amide bonds. The topological polar surface area (TPSA) is 42.2 Å². The SMILES string of the molecule is c1ccc([C@@H]2C[C@H](c3noc(CC4CC4)n3)[C@H]3CCCN32)cc1. The fourth-order valence-electron chi connectivity index (χ4n) is 4.52. The molecule has 120 valence electrons. The van der Waals surface area contributed by atoms with Crippen molar-refractivity contribution in [3.63, 3.8) is 0 Å². The van der Waals surface area contributed by atoms with Crippen LogP contribution >= 0.6 is 0 Å². The van der Waals surface area contributed by atoms with Gasteiger partial charge in [-0.2, -0.15) is 4.98 Å². The summed E-state index contributed by atoms with van der Waals surface area (Å²) in [4.78, 5) is 7.43. The first-order valence-corrected chi connectivity index (χ1v) is 9.01. The van der Waals surface area contributed by atoms with E-state index in [1.165, 1.54) is 37.8 Å². The Morgan fingerprint density at radius 3 is 2.83 bits per heavy atom. The van der Waals surface area contributed by atoms with E-state index in [-0.39, 0.29) is 0 Å². The van der Waals surface area contributed by atoms with E-state index in [0.29, 0.717) is 18.0 Å². The normalized spacial score (nSPS) is 30.7. The van der Waals surface area contributed by atoms with Crippen LogP contribution in [0.4, 0.5) is 0 Å². The zero-order valence-electron chi connectivity index (χ0n) is 13.4. The van der Waals surface area contributed by atoms with Gasteiger partial charge < -0.3 is 4.52 Å². The fraction of sp³-hybridized carbons (Fsp3) is 0.579. The zero-order valence-corrected chi connectivity index (χ0v) is 13.4. The monoisotopic (exact) mass is 309 g/mol. The van der Waals surface area contributed by atoms with Crippen molar-refractivity contribution in [2.45, 2.75) is 56.5 Å². The van der Waals surface area contributed by atoms with Gasteiger partial charge in [-0.3, -0.25) is 4.90 Å². The second kappa shape index (κ2) is 5.45. The van der Waals surface area contributed by atoms with Gasteiger partial charge in [-0.25, -0.2) is 0 Å². The number of hydrogen-bond donors (Lipinski definition) is 0. The lowest BCUT2D eigenvalue weighted by Crippen LogP contribution is -2.27. The van der Waals surface area contributed by atoms with Crippen LogP contribution < -0.4 is 0 Å². The van der Waals surface area contributed by atoms with Gasteiger partial charge in [0.1, 0.15) is 0 Å². The molecular weight excluding hydrogens is 286 g/mol. The van der Waals surface area contributed by atoms with E-state index in [1.807, 2.05) is 0 Å². The Morgan fingerprint density at radius 2 is 2.00 bits per heavy atom. The van der Waals surface area contributed by atoms with Crippen LogP contribution in [0.2, 0.25) is 0 Å². The average Bonchev–Trinajstić information content (AvgIpc) is 2.99. The van der Waals surface area contributed by atoms with Gasteiger partial charge in [-0.1, -0.05) is 35.5 Å². The van der Waals surface area contributed by atoms with E-state index in [2.05, 4.69) is 40.4 Å². The van der Waals surface area contributed by atoms with E-state index in [0.717, 1.165) is 30.5 Å². The van der Waals surface area contributed by atoms with Gasteiger partial charge in [0.25, 0.3) is 0 Å². The summed E-state index contributed by atoms with van der Waals surface area (Å²) in [6, 6.07) is 12.0. The highest BCUT2D eigenvalue weighted by Crippen LogP contribution is 2.48. The molecule has 1 aromatic heterocycles. The third-order valence-electron chi connectivity index (χ3n) is 5.84. The first-order valence-electron chi connectivity index (χ1n) is 9.01. The molecule has 0 radical (unpaired) electrons. The molecule has 1 aromatic carbocycles. The molecule has 2 aromatic rings. The zero-order chi connectivity index (χ0) is 15.2. The number of aromatic nitrogens is 2. The first-order chi connectivity index (χ1) is 11.4. The van der Waals surface area contributed by atoms with Crippen LogP contribution in [0.25, 0.3) is 0 Å². The summed E-state index contributed by atoms with van der Waals surface area (Å²) in [5.41, 5.74) is 1.43. The summed E-state index contributed by atoms with van der Waals surface area (Å²) in [6.07, 6.45) is 7.31. The fourth-order valence-corrected chi connectivity index (χ4v) is 4.52. The minimum atomic E-state index is 0.430. The Hall–Kier alpha value is -1.68. The number of rotatable bonds is 4. The van der Waals surface area contributed by atoms with Crippen molar-refractivity contribution in [3.8, 4) is 0 Å². The molecule has 0 bridgehead atoms. The molecule has 3 heterocycles. The minimum absolute atomic E-state index is 0.430. The van der Waals surface area contributed by atoms with E-state index in [1.54, 1.807) is 0 Å². The Morgan fingerprint density at radius 1 is 1.13 bits per heavy atom. The van der Waals surface area contributed by atoms with E-state index in [4.69, 9.17) is 9.51 Å². The van der Waals surface area contributed by atoms with Gasteiger partial charge in [0.05, 0.1) is 0 Å². The maximum atomic E-state index is 5.54. The average molecular weight is 309 g/mol. The number of benzene rings is 1. The lowest BCUT2D eigenvalue weighted by molar-refractivity contribution is 0.243. The molecule has 3 fully saturated rings. The number of nitrogens with zero attached hydrogens (tertiary/aromatic N) is 3. The van der Waals surface area contributed by atoms with Crippen molar-refractivity contribution in [2.24, 2.45) is 5.92 Å². The summed E-state index contributed by atoms with van der Waals surface area (Å²) in [7, 11) is 0. The van der Waals surface area contributed by atoms with Crippen LogP contribution in [0, 0.1) is 5.92 Å². The largest absolute Gasteiger partial charge is 0.339 e. The molecule has 2 aliphatic heterocycles. The third kappa shape index (κ3) is 2.49. The molecule has 2 saturated heterocycles. The summed E-state index contributed by atoms with van der Waals surface area (Å²) in [5.74, 6) is 3.04. The highest BCUT2D eigenvalue weighted by atomic mass is 16.5. The second-order valence-electron chi connectivity index (χ2n) is 7.41. The van der Waals surface area contributed by atoms with Crippen LogP contribution in [0.15, 0.2) is 34.9 Å². The van der Waals surface area contributed by atoms with Crippen LogP contribution in [-0.4, -0.2) is 27.6 Å². The lowest BCUT2D eigenvalue weighted by atomic mass is 9.94. The third-order valence-corrected chi connectivity index (χ3v) is 5.84. The predicted molar refractivity (Wildman–Crippen MR) is 87.0 cm³/mol. The molecule has 1 saturated carbocycles. The maximum Gasteiger partial charge on any atom is 0.226 e. The standard InChI is InChI=1S/C19H23N3O/c1-2-5-14(6-3-1)17-12-15(16-7-4-10-22(16)17)19-20-18(23-21-19)11-13-8-9-13/h1-3,5-6,13,15-17H,4,7-12H2/t15-,16+,17-/m0/s1. The molecule has 1 aliphatic carbocycles. The Bertz CT molecular complexity index is 679. The maximum absolute atomic E-state index is 5.54. The van der Waals surface area contributed by atoms with Gasteiger partial charge in [0.15, 0.2) is 5.82 Å². The van der Waals surface area contributed by atoms with Crippen LogP contribution in [0.5, 0.6) is 0 Å². The Balaban J connectivity index is 1.41. The summed E-state index contributed by atoms with van der Waals surface area (Å²) in [6.45, 7) is 1.20. The summed E-state index contributed by atoms with van der Waals surface area (Å²) >= 11 is 0. The van der Waals surface area contributed by atoms with Crippen LogP contribution in [0.3, 0.4) is 0 Å². The molecule has 0 spiro atoms. The molecule has 3 aliphatic rings. The molecule has 4 nitrogen and oxygen atoms in total. The molecule has 4 heteroatoms. The number of hydrogen-bond acceptors (Lipinski definition) is 4. The predicted octanol–water partition coefficient (Wildman–Crippen LogP) is 3.72. The number of fused-ring (bicyclic) bond motifs is 1. The Labute approximate surface area is 136 Å². The molecule has 5 rings (SSSR count). The van der Waals surface area contributed by atoms with Crippen LogP contribution in [-0.2, 0) is 6.42 Å². The van der Waals surface area contributed by atoms with E-state index in [9.17, 15) is 0 Å². The van der Waals surface area contributed by atoms with Gasteiger partial charge in [0, 0.05) is 24.4 Å². The first kappa shape index (κ1) is 13.7. The van der Waals surface area contributed by atoms with Gasteiger partial charge in [-0.05, 0) is 50.1 Å². The smallest absolute Gasteiger partial charge is 0.226 e. The molecule has 0 N–H and O–H groups in total. The van der Waals surface area contributed by atoms with E-state index < -0.39 is 0 Å². The van der Waals surface area contributed by atoms with Crippen LogP contribution in [0.1, 0.15) is 61.3 Å². The minimum Gasteiger partial charge on any atom is -0.339 e. The van der Waals surface area contributed by atoms with Gasteiger partial charge in [0.2, 0.25) is 5.89 Å². The van der Waals surface area contributed by atoms with Crippen molar-refractivity contribution < 1.29 is 4.52 Å². The van der Waals surface area contributed by atoms with Gasteiger partial charge in [-0.15, -0.1) is 0 Å². The summed E-state index contributed by atoms with van der Waals surface area (Å²) in [5, 5.41) is 4.35. The highest BCUT2D eigenvalue weighted by Gasteiger charge is 2.46. The van der Waals surface area contributed by atoms with Gasteiger partial charge >= 0.3 is 0 Å². The van der Waals surface area contributed by atoms with Crippen molar-refractivity contribution in [1.29, 1.82) is 0 Å². The molecule has 3 atom stereocenters. The Kier molecular flexibility index (Phi) is 3.25. The van der Waals surface area contributed by atoms with Crippen molar-refractivity contribution >= 4 is 0 Å². The second-order valence-corrected chi connectivity index (χ2v) is 7.41. The molecule has 0 unspecified atom stereocenters. The van der Waals surface area contributed by atoms with Crippen molar-refractivity contribution in [2.75, 3.05) is 6.54 Å². The highest BCUT2D eigenvalue weighted by molar-refractivity contribution is 5.24. The molecular formula is C19H23N3O. The van der Waals surface area contributed by atoms with E-state index >= 15 is 0 Å².